The van der Waals surface area contributed by atoms with Crippen LogP contribution in [0.15, 0.2) is 42.5 Å². The zero-order valence-electron chi connectivity index (χ0n) is 8.52. The Morgan fingerprint density at radius 3 is 2.27 bits per heavy atom. The average Bonchev–Trinajstić information content (AvgIpc) is 2.76. The summed E-state index contributed by atoms with van der Waals surface area (Å²) in [4.78, 5) is 2.40. The van der Waals surface area contributed by atoms with Crippen molar-refractivity contribution >= 4 is 11.3 Å². The summed E-state index contributed by atoms with van der Waals surface area (Å²) in [6, 6.07) is 14.6. The Labute approximate surface area is 94.0 Å². The molecule has 0 aliphatic rings. The van der Waals surface area contributed by atoms with Gasteiger partial charge in [0.1, 0.15) is 0 Å². The summed E-state index contributed by atoms with van der Waals surface area (Å²) in [5.41, 5.74) is 1.37. The first-order valence-electron chi connectivity index (χ1n) is 5.11. The van der Waals surface area contributed by atoms with E-state index in [4.69, 9.17) is 5.11 Å². The lowest BCUT2D eigenvalue weighted by atomic mass is 10.1. The van der Waals surface area contributed by atoms with Gasteiger partial charge in [-0.1, -0.05) is 30.3 Å². The summed E-state index contributed by atoms with van der Waals surface area (Å²) in [5.74, 6) is 0. The number of rotatable bonds is 4. The minimum atomic E-state index is 0.163. The van der Waals surface area contributed by atoms with E-state index >= 15 is 0 Å². The van der Waals surface area contributed by atoms with Crippen molar-refractivity contribution in [3.63, 3.8) is 0 Å². The van der Waals surface area contributed by atoms with Crippen molar-refractivity contribution in [1.82, 2.24) is 0 Å². The molecule has 0 radical (unpaired) electrons. The monoisotopic (exact) mass is 218 g/mol. The second-order valence-electron chi connectivity index (χ2n) is 3.51. The van der Waals surface area contributed by atoms with Crippen LogP contribution in [0.1, 0.15) is 15.3 Å². The van der Waals surface area contributed by atoms with Crippen LogP contribution in [0, 0.1) is 0 Å². The van der Waals surface area contributed by atoms with E-state index in [9.17, 15) is 0 Å². The standard InChI is InChI=1S/C13H14OS/c14-10-13-9-8-12(15-13)7-6-11-4-2-1-3-5-11/h1-5,8-9,14H,6-7,10H2. The molecule has 0 bridgehead atoms. The molecule has 1 aromatic heterocycles. The molecule has 1 nitrogen and oxygen atoms in total. The van der Waals surface area contributed by atoms with Gasteiger partial charge in [-0.05, 0) is 30.5 Å². The quantitative estimate of drug-likeness (QED) is 0.836. The predicted octanol–water partition coefficient (Wildman–Crippen LogP) is 3.03. The Bertz CT molecular complexity index is 405. The van der Waals surface area contributed by atoms with Crippen LogP contribution in [-0.2, 0) is 19.4 Å². The third-order valence-corrected chi connectivity index (χ3v) is 3.51. The summed E-state index contributed by atoms with van der Waals surface area (Å²) < 4.78 is 0. The molecule has 78 valence electrons. The van der Waals surface area contributed by atoms with Crippen molar-refractivity contribution in [2.24, 2.45) is 0 Å². The fourth-order valence-corrected chi connectivity index (χ4v) is 2.43. The van der Waals surface area contributed by atoms with Crippen LogP contribution in [-0.4, -0.2) is 5.11 Å². The molecule has 0 atom stereocenters. The van der Waals surface area contributed by atoms with Gasteiger partial charge in [0.25, 0.3) is 0 Å². The maximum absolute atomic E-state index is 8.95. The Hall–Kier alpha value is -1.12. The topological polar surface area (TPSA) is 20.2 Å². The molecule has 2 aromatic rings. The Kier molecular flexibility index (Phi) is 3.54. The molecule has 0 aliphatic heterocycles. The first kappa shape index (κ1) is 10.4. The molecular weight excluding hydrogens is 204 g/mol. The lowest BCUT2D eigenvalue weighted by Gasteiger charge is -1.98. The second-order valence-corrected chi connectivity index (χ2v) is 4.76. The number of hydrogen-bond donors (Lipinski definition) is 1. The van der Waals surface area contributed by atoms with Crippen LogP contribution in [0.2, 0.25) is 0 Å². The van der Waals surface area contributed by atoms with Crippen molar-refractivity contribution in [2.45, 2.75) is 19.4 Å². The summed E-state index contributed by atoms with van der Waals surface area (Å²) in [5, 5.41) is 8.95. The van der Waals surface area contributed by atoms with Gasteiger partial charge < -0.3 is 5.11 Å². The van der Waals surface area contributed by atoms with E-state index in [1.165, 1.54) is 10.4 Å². The minimum Gasteiger partial charge on any atom is -0.391 e. The maximum atomic E-state index is 8.95. The lowest BCUT2D eigenvalue weighted by Crippen LogP contribution is -1.87. The summed E-state index contributed by atoms with van der Waals surface area (Å²) >= 11 is 1.70. The van der Waals surface area contributed by atoms with Gasteiger partial charge in [-0.2, -0.15) is 0 Å². The smallest absolute Gasteiger partial charge is 0.0774 e. The third-order valence-electron chi connectivity index (χ3n) is 2.38. The fraction of sp³-hybridized carbons (Fsp3) is 0.231. The van der Waals surface area contributed by atoms with Crippen LogP contribution in [0.5, 0.6) is 0 Å². The van der Waals surface area contributed by atoms with Gasteiger partial charge in [-0.3, -0.25) is 0 Å². The number of thiophene rings is 1. The third kappa shape index (κ3) is 2.91. The van der Waals surface area contributed by atoms with Gasteiger partial charge in [0.2, 0.25) is 0 Å². The van der Waals surface area contributed by atoms with Crippen molar-refractivity contribution in [3.8, 4) is 0 Å². The predicted molar refractivity (Wildman–Crippen MR) is 64.1 cm³/mol. The van der Waals surface area contributed by atoms with Crippen molar-refractivity contribution in [1.29, 1.82) is 0 Å². The number of aryl methyl sites for hydroxylation is 2. The zero-order chi connectivity index (χ0) is 10.5. The Morgan fingerprint density at radius 2 is 1.60 bits per heavy atom. The molecule has 0 amide bonds. The molecule has 2 heteroatoms. The van der Waals surface area contributed by atoms with Crippen LogP contribution in [0.4, 0.5) is 0 Å². The molecule has 0 unspecified atom stereocenters. The number of aliphatic hydroxyl groups is 1. The highest BCUT2D eigenvalue weighted by atomic mass is 32.1. The number of hydrogen-bond acceptors (Lipinski definition) is 2. The van der Waals surface area contributed by atoms with Gasteiger partial charge in [0.15, 0.2) is 0 Å². The number of benzene rings is 1. The van der Waals surface area contributed by atoms with E-state index in [2.05, 4.69) is 30.3 Å². The molecule has 15 heavy (non-hydrogen) atoms. The molecule has 2 rings (SSSR count). The molecule has 0 saturated carbocycles. The van der Waals surface area contributed by atoms with Crippen molar-refractivity contribution < 1.29 is 5.11 Å². The highest BCUT2D eigenvalue weighted by molar-refractivity contribution is 7.11. The summed E-state index contributed by atoms with van der Waals surface area (Å²) in [6.07, 6.45) is 2.14. The summed E-state index contributed by atoms with van der Waals surface area (Å²) in [7, 11) is 0. The van der Waals surface area contributed by atoms with Gasteiger partial charge in [-0.15, -0.1) is 11.3 Å². The van der Waals surface area contributed by atoms with E-state index < -0.39 is 0 Å². The first-order chi connectivity index (χ1) is 7.38. The summed E-state index contributed by atoms with van der Waals surface area (Å²) in [6.45, 7) is 0.163. The van der Waals surface area contributed by atoms with Gasteiger partial charge >= 0.3 is 0 Å². The molecule has 0 fully saturated rings. The lowest BCUT2D eigenvalue weighted by molar-refractivity contribution is 0.285. The van der Waals surface area contributed by atoms with E-state index in [1.807, 2.05) is 12.1 Å². The van der Waals surface area contributed by atoms with Crippen LogP contribution in [0.25, 0.3) is 0 Å². The molecule has 0 spiro atoms. The van der Waals surface area contributed by atoms with E-state index in [0.29, 0.717) is 0 Å². The molecule has 1 aromatic carbocycles. The molecule has 0 aliphatic carbocycles. The SMILES string of the molecule is OCc1ccc(CCc2ccccc2)s1. The molecule has 1 N–H and O–H groups in total. The fourth-order valence-electron chi connectivity index (χ4n) is 1.55. The van der Waals surface area contributed by atoms with Crippen molar-refractivity contribution in [2.75, 3.05) is 0 Å². The Balaban J connectivity index is 1.93. The van der Waals surface area contributed by atoms with E-state index in [1.54, 1.807) is 11.3 Å². The van der Waals surface area contributed by atoms with Gasteiger partial charge in [-0.25, -0.2) is 0 Å². The zero-order valence-corrected chi connectivity index (χ0v) is 9.33. The van der Waals surface area contributed by atoms with Crippen LogP contribution < -0.4 is 0 Å². The van der Waals surface area contributed by atoms with E-state index in [0.717, 1.165) is 17.7 Å². The molecule has 0 saturated heterocycles. The van der Waals surface area contributed by atoms with Crippen molar-refractivity contribution in [3.05, 3.63) is 57.8 Å². The normalized spacial score (nSPS) is 10.5. The van der Waals surface area contributed by atoms with Gasteiger partial charge in [0, 0.05) is 9.75 Å². The van der Waals surface area contributed by atoms with Crippen LogP contribution in [0.3, 0.4) is 0 Å². The highest BCUT2D eigenvalue weighted by Crippen LogP contribution is 2.18. The Morgan fingerprint density at radius 1 is 0.867 bits per heavy atom. The molecular formula is C13H14OS. The average molecular weight is 218 g/mol. The second kappa shape index (κ2) is 5.10. The first-order valence-corrected chi connectivity index (χ1v) is 5.92. The maximum Gasteiger partial charge on any atom is 0.0774 e. The van der Waals surface area contributed by atoms with Gasteiger partial charge in [0.05, 0.1) is 6.61 Å². The number of aliphatic hydroxyl groups excluding tert-OH is 1. The minimum absolute atomic E-state index is 0.163. The highest BCUT2D eigenvalue weighted by Gasteiger charge is 1.99. The van der Waals surface area contributed by atoms with Crippen LogP contribution >= 0.6 is 11.3 Å². The molecule has 1 heterocycles. The van der Waals surface area contributed by atoms with E-state index in [-0.39, 0.29) is 6.61 Å². The largest absolute Gasteiger partial charge is 0.391 e.